The maximum absolute atomic E-state index is 11.5. The summed E-state index contributed by atoms with van der Waals surface area (Å²) >= 11 is 0. The molecular weight excluding hydrogens is 147 g/mol. The third-order valence-corrected chi connectivity index (χ3v) is 3.38. The van der Waals surface area contributed by atoms with Crippen molar-refractivity contribution in [1.82, 2.24) is 0 Å². The molecule has 1 aliphatic heterocycles. The highest BCUT2D eigenvalue weighted by Gasteiger charge is 2.11. The van der Waals surface area contributed by atoms with Gasteiger partial charge in [-0.2, -0.15) is 0 Å². The molecule has 0 N–H and O–H groups in total. The summed E-state index contributed by atoms with van der Waals surface area (Å²) in [5, 5.41) is 0. The van der Waals surface area contributed by atoms with Crippen molar-refractivity contribution in [2.45, 2.75) is 25.0 Å². The van der Waals surface area contributed by atoms with Crippen LogP contribution in [0, 0.1) is 0 Å². The van der Waals surface area contributed by atoms with Gasteiger partial charge in [0.15, 0.2) is 0 Å². The molecule has 1 fully saturated rings. The first-order chi connectivity index (χ1) is 4.93. The molecule has 1 rings (SSSR count). The van der Waals surface area contributed by atoms with Crippen molar-refractivity contribution >= 4 is 9.52 Å². The molecule has 1 heterocycles. The Kier molecular flexibility index (Phi) is 3.68. The highest BCUT2D eigenvalue weighted by molar-refractivity contribution is 6.43. The molecule has 3 heteroatoms. The molecule has 0 spiro atoms. The standard InChI is InChI=1S/C7H13FOSi/c8-4-6-10-7-3-1-2-5-9-7/h4,6-7H,1-3,5,10H2. The fourth-order valence-corrected chi connectivity index (χ4v) is 2.43. The number of hydrogen-bond donors (Lipinski definition) is 0. The van der Waals surface area contributed by atoms with Crippen molar-refractivity contribution in [3.05, 3.63) is 12.0 Å². The minimum atomic E-state index is -0.412. The second-order valence-electron chi connectivity index (χ2n) is 2.59. The summed E-state index contributed by atoms with van der Waals surface area (Å²) in [4.78, 5) is 0. The van der Waals surface area contributed by atoms with Crippen LogP contribution >= 0.6 is 0 Å². The van der Waals surface area contributed by atoms with Crippen LogP contribution in [0.2, 0.25) is 0 Å². The summed E-state index contributed by atoms with van der Waals surface area (Å²) in [7, 11) is -0.412. The highest BCUT2D eigenvalue weighted by atomic mass is 28.2. The zero-order chi connectivity index (χ0) is 7.23. The van der Waals surface area contributed by atoms with Gasteiger partial charge in [0, 0.05) is 12.3 Å². The summed E-state index contributed by atoms with van der Waals surface area (Å²) in [6, 6.07) is 0. The van der Waals surface area contributed by atoms with Crippen LogP contribution in [-0.4, -0.2) is 21.9 Å². The highest BCUT2D eigenvalue weighted by Crippen LogP contribution is 2.11. The third-order valence-electron chi connectivity index (χ3n) is 1.76. The Morgan fingerprint density at radius 2 is 2.40 bits per heavy atom. The molecule has 1 nitrogen and oxygen atoms in total. The van der Waals surface area contributed by atoms with Crippen LogP contribution < -0.4 is 0 Å². The van der Waals surface area contributed by atoms with Gasteiger partial charge in [0.2, 0.25) is 0 Å². The van der Waals surface area contributed by atoms with E-state index in [2.05, 4.69) is 0 Å². The largest absolute Gasteiger partial charge is 0.382 e. The molecule has 1 atom stereocenters. The zero-order valence-electron chi connectivity index (χ0n) is 6.05. The molecular formula is C7H13FOSi. The molecule has 0 saturated carbocycles. The lowest BCUT2D eigenvalue weighted by Crippen LogP contribution is -2.24. The SMILES string of the molecule is FC=C[SiH2]C1CCCCO1. The fraction of sp³-hybridized carbons (Fsp3) is 0.714. The Morgan fingerprint density at radius 1 is 1.50 bits per heavy atom. The average Bonchev–Trinajstić information content (AvgIpc) is 2.03. The number of rotatable bonds is 2. The maximum atomic E-state index is 11.5. The van der Waals surface area contributed by atoms with E-state index in [4.69, 9.17) is 4.74 Å². The molecule has 58 valence electrons. The van der Waals surface area contributed by atoms with E-state index in [1.54, 1.807) is 5.70 Å². The van der Waals surface area contributed by atoms with Crippen LogP contribution in [0.3, 0.4) is 0 Å². The van der Waals surface area contributed by atoms with Crippen molar-refractivity contribution < 1.29 is 9.13 Å². The van der Waals surface area contributed by atoms with Crippen LogP contribution in [0.1, 0.15) is 19.3 Å². The first kappa shape index (κ1) is 7.95. The monoisotopic (exact) mass is 160 g/mol. The van der Waals surface area contributed by atoms with Crippen molar-refractivity contribution in [2.75, 3.05) is 6.61 Å². The number of hydrogen-bond acceptors (Lipinski definition) is 1. The van der Waals surface area contributed by atoms with Gasteiger partial charge >= 0.3 is 0 Å². The normalized spacial score (nSPS) is 28.7. The molecule has 0 radical (unpaired) electrons. The molecule has 1 aliphatic rings. The lowest BCUT2D eigenvalue weighted by Gasteiger charge is -2.20. The van der Waals surface area contributed by atoms with E-state index in [0.717, 1.165) is 13.0 Å². The predicted molar refractivity (Wildman–Crippen MR) is 42.4 cm³/mol. The minimum absolute atomic E-state index is 0.412. The van der Waals surface area contributed by atoms with Crippen molar-refractivity contribution in [3.8, 4) is 0 Å². The van der Waals surface area contributed by atoms with Gasteiger partial charge in [0.1, 0.15) is 0 Å². The van der Waals surface area contributed by atoms with Gasteiger partial charge in [-0.3, -0.25) is 0 Å². The van der Waals surface area contributed by atoms with E-state index in [9.17, 15) is 4.39 Å². The third kappa shape index (κ3) is 2.62. The second-order valence-corrected chi connectivity index (χ2v) is 4.44. The second kappa shape index (κ2) is 4.63. The van der Waals surface area contributed by atoms with Crippen LogP contribution in [0.4, 0.5) is 4.39 Å². The molecule has 1 saturated heterocycles. The molecule has 0 bridgehead atoms. The van der Waals surface area contributed by atoms with Gasteiger partial charge in [-0.1, -0.05) is 5.70 Å². The fourth-order valence-electron chi connectivity index (χ4n) is 1.20. The first-order valence-corrected chi connectivity index (χ1v) is 5.43. The smallest absolute Gasteiger partial charge is 0.0825 e. The molecule has 10 heavy (non-hydrogen) atoms. The van der Waals surface area contributed by atoms with Gasteiger partial charge in [0.25, 0.3) is 0 Å². The Bertz CT molecular complexity index is 110. The zero-order valence-corrected chi connectivity index (χ0v) is 7.47. The van der Waals surface area contributed by atoms with Crippen LogP contribution in [-0.2, 0) is 4.74 Å². The average molecular weight is 160 g/mol. The first-order valence-electron chi connectivity index (χ1n) is 3.80. The van der Waals surface area contributed by atoms with E-state index in [0.29, 0.717) is 12.1 Å². The summed E-state index contributed by atoms with van der Waals surface area (Å²) in [5.74, 6) is 0. The summed E-state index contributed by atoms with van der Waals surface area (Å²) in [6.45, 7) is 0.887. The van der Waals surface area contributed by atoms with Gasteiger partial charge in [0.05, 0.1) is 15.8 Å². The van der Waals surface area contributed by atoms with Crippen molar-refractivity contribution in [3.63, 3.8) is 0 Å². The Hall–Kier alpha value is -0.153. The molecule has 0 aliphatic carbocycles. The Labute approximate surface area is 63.1 Å². The molecule has 0 aromatic rings. The Balaban J connectivity index is 2.13. The molecule has 0 aromatic carbocycles. The van der Waals surface area contributed by atoms with Gasteiger partial charge in [-0.05, 0) is 19.3 Å². The van der Waals surface area contributed by atoms with Crippen molar-refractivity contribution in [1.29, 1.82) is 0 Å². The van der Waals surface area contributed by atoms with Gasteiger partial charge in [-0.15, -0.1) is 0 Å². The van der Waals surface area contributed by atoms with Gasteiger partial charge < -0.3 is 4.74 Å². The summed E-state index contributed by atoms with van der Waals surface area (Å²) in [6.07, 6.45) is 4.25. The van der Waals surface area contributed by atoms with Crippen molar-refractivity contribution in [2.24, 2.45) is 0 Å². The van der Waals surface area contributed by atoms with E-state index in [1.807, 2.05) is 0 Å². The summed E-state index contributed by atoms with van der Waals surface area (Å²) in [5.41, 5.74) is 2.08. The van der Waals surface area contributed by atoms with Crippen LogP contribution in [0.25, 0.3) is 0 Å². The minimum Gasteiger partial charge on any atom is -0.382 e. The molecule has 0 amide bonds. The van der Waals surface area contributed by atoms with E-state index >= 15 is 0 Å². The Morgan fingerprint density at radius 3 is 3.00 bits per heavy atom. The quantitative estimate of drug-likeness (QED) is 0.550. The maximum Gasteiger partial charge on any atom is 0.0825 e. The predicted octanol–water partition coefficient (Wildman–Crippen LogP) is 1.12. The number of halogens is 1. The van der Waals surface area contributed by atoms with Gasteiger partial charge in [-0.25, -0.2) is 4.39 Å². The van der Waals surface area contributed by atoms with Crippen LogP contribution in [0.5, 0.6) is 0 Å². The lowest BCUT2D eigenvalue weighted by molar-refractivity contribution is 0.0659. The molecule has 0 aromatic heterocycles. The molecule has 1 unspecified atom stereocenters. The summed E-state index contributed by atoms with van der Waals surface area (Å²) < 4.78 is 17.0. The lowest BCUT2D eigenvalue weighted by atomic mass is 10.2. The van der Waals surface area contributed by atoms with E-state index < -0.39 is 9.52 Å². The topological polar surface area (TPSA) is 9.23 Å². The van der Waals surface area contributed by atoms with E-state index in [1.165, 1.54) is 12.8 Å². The number of ether oxygens (including phenoxy) is 1. The van der Waals surface area contributed by atoms with E-state index in [-0.39, 0.29) is 0 Å². The van der Waals surface area contributed by atoms with Crippen LogP contribution in [0.15, 0.2) is 12.0 Å².